The summed E-state index contributed by atoms with van der Waals surface area (Å²) in [4.78, 5) is 0.258. The molecule has 0 heterocycles. The van der Waals surface area contributed by atoms with Crippen molar-refractivity contribution in [1.82, 2.24) is 4.72 Å². The third-order valence-electron chi connectivity index (χ3n) is 3.39. The molecule has 3 nitrogen and oxygen atoms in total. The number of halogens is 1. The van der Waals surface area contributed by atoms with Gasteiger partial charge in [-0.25, -0.2) is 13.1 Å². The smallest absolute Gasteiger partial charge is 0.207 e. The standard InChI is InChI=1S/C17H14ClNO2S/c18-16-7-3-4-13(10-16)12-19-22(20,21)17-9-8-14-5-1-2-6-15(14)11-17/h1-11,19H,12H2. The Labute approximate surface area is 134 Å². The van der Waals surface area contributed by atoms with Gasteiger partial charge in [0.1, 0.15) is 0 Å². The van der Waals surface area contributed by atoms with Crippen molar-refractivity contribution < 1.29 is 8.42 Å². The molecule has 0 saturated carbocycles. The van der Waals surface area contributed by atoms with Crippen LogP contribution in [0.25, 0.3) is 10.8 Å². The molecule has 0 spiro atoms. The van der Waals surface area contributed by atoms with Crippen LogP contribution < -0.4 is 4.72 Å². The molecule has 3 aromatic carbocycles. The Morgan fingerprint density at radius 2 is 1.64 bits per heavy atom. The van der Waals surface area contributed by atoms with Gasteiger partial charge in [-0.2, -0.15) is 0 Å². The molecule has 22 heavy (non-hydrogen) atoms. The van der Waals surface area contributed by atoms with Gasteiger partial charge in [0.15, 0.2) is 0 Å². The minimum atomic E-state index is -3.56. The van der Waals surface area contributed by atoms with Crippen LogP contribution in [-0.2, 0) is 16.6 Å². The molecule has 0 fully saturated rings. The maximum atomic E-state index is 12.4. The zero-order valence-corrected chi connectivity index (χ0v) is 13.2. The SMILES string of the molecule is O=S(=O)(NCc1cccc(Cl)c1)c1ccc2ccccc2c1. The molecule has 0 aliphatic rings. The third kappa shape index (κ3) is 3.30. The van der Waals surface area contributed by atoms with Crippen molar-refractivity contribution in [3.05, 3.63) is 77.3 Å². The Bertz CT molecular complexity index is 923. The van der Waals surface area contributed by atoms with Gasteiger partial charge in [-0.3, -0.25) is 0 Å². The number of rotatable bonds is 4. The predicted molar refractivity (Wildman–Crippen MR) is 89.4 cm³/mol. The lowest BCUT2D eigenvalue weighted by Crippen LogP contribution is -2.23. The van der Waals surface area contributed by atoms with Crippen LogP contribution in [0.3, 0.4) is 0 Å². The molecule has 0 aliphatic heterocycles. The molecule has 0 aromatic heterocycles. The molecule has 0 atom stereocenters. The van der Waals surface area contributed by atoms with Crippen LogP contribution in [-0.4, -0.2) is 8.42 Å². The largest absolute Gasteiger partial charge is 0.240 e. The van der Waals surface area contributed by atoms with Crippen molar-refractivity contribution in [2.75, 3.05) is 0 Å². The molecule has 0 aliphatic carbocycles. The normalized spacial score (nSPS) is 11.7. The highest BCUT2D eigenvalue weighted by atomic mass is 35.5. The van der Waals surface area contributed by atoms with Gasteiger partial charge in [0.2, 0.25) is 10.0 Å². The van der Waals surface area contributed by atoms with Crippen LogP contribution in [0.1, 0.15) is 5.56 Å². The van der Waals surface area contributed by atoms with E-state index in [0.717, 1.165) is 16.3 Å². The van der Waals surface area contributed by atoms with Crippen molar-refractivity contribution in [3.8, 4) is 0 Å². The van der Waals surface area contributed by atoms with E-state index >= 15 is 0 Å². The van der Waals surface area contributed by atoms with Gasteiger partial charge >= 0.3 is 0 Å². The monoisotopic (exact) mass is 331 g/mol. The molecular weight excluding hydrogens is 318 g/mol. The first-order valence-corrected chi connectivity index (χ1v) is 8.64. The van der Waals surface area contributed by atoms with Gasteiger partial charge in [-0.1, -0.05) is 54.1 Å². The zero-order chi connectivity index (χ0) is 15.6. The Morgan fingerprint density at radius 3 is 2.41 bits per heavy atom. The molecule has 5 heteroatoms. The molecule has 3 rings (SSSR count). The second-order valence-electron chi connectivity index (χ2n) is 4.96. The predicted octanol–water partition coefficient (Wildman–Crippen LogP) is 3.97. The Balaban J connectivity index is 1.85. The van der Waals surface area contributed by atoms with Crippen LogP contribution in [0.5, 0.6) is 0 Å². The van der Waals surface area contributed by atoms with E-state index in [2.05, 4.69) is 4.72 Å². The lowest BCUT2D eigenvalue weighted by atomic mass is 10.1. The summed E-state index contributed by atoms with van der Waals surface area (Å²) in [7, 11) is -3.56. The van der Waals surface area contributed by atoms with Gasteiger partial charge in [0, 0.05) is 11.6 Å². The van der Waals surface area contributed by atoms with Crippen LogP contribution >= 0.6 is 11.6 Å². The van der Waals surface area contributed by atoms with E-state index in [1.807, 2.05) is 36.4 Å². The maximum Gasteiger partial charge on any atom is 0.240 e. The first kappa shape index (κ1) is 15.0. The average Bonchev–Trinajstić information content (AvgIpc) is 2.53. The van der Waals surface area contributed by atoms with E-state index in [-0.39, 0.29) is 11.4 Å². The van der Waals surface area contributed by atoms with Gasteiger partial charge in [0.05, 0.1) is 4.90 Å². The minimum absolute atomic E-state index is 0.204. The molecule has 0 amide bonds. The summed E-state index contributed by atoms with van der Waals surface area (Å²) in [5.74, 6) is 0. The van der Waals surface area contributed by atoms with E-state index in [1.54, 1.807) is 30.3 Å². The fourth-order valence-electron chi connectivity index (χ4n) is 2.24. The van der Waals surface area contributed by atoms with E-state index in [1.165, 1.54) is 0 Å². The van der Waals surface area contributed by atoms with Crippen molar-refractivity contribution in [2.24, 2.45) is 0 Å². The highest BCUT2D eigenvalue weighted by Gasteiger charge is 2.14. The Morgan fingerprint density at radius 1 is 0.864 bits per heavy atom. The van der Waals surface area contributed by atoms with Crippen LogP contribution in [0.2, 0.25) is 5.02 Å². The Kier molecular flexibility index (Phi) is 4.16. The van der Waals surface area contributed by atoms with Crippen LogP contribution in [0.15, 0.2) is 71.6 Å². The highest BCUT2D eigenvalue weighted by Crippen LogP contribution is 2.19. The molecule has 1 N–H and O–H groups in total. The van der Waals surface area contributed by atoms with Crippen molar-refractivity contribution in [1.29, 1.82) is 0 Å². The molecule has 0 bridgehead atoms. The summed E-state index contributed by atoms with van der Waals surface area (Å²) < 4.78 is 27.4. The summed E-state index contributed by atoms with van der Waals surface area (Å²) in [5.41, 5.74) is 0.817. The highest BCUT2D eigenvalue weighted by molar-refractivity contribution is 7.89. The zero-order valence-electron chi connectivity index (χ0n) is 11.7. The molecule has 0 radical (unpaired) electrons. The molecule has 112 valence electrons. The third-order valence-corrected chi connectivity index (χ3v) is 5.02. The average molecular weight is 332 g/mol. The number of sulfonamides is 1. The van der Waals surface area contributed by atoms with E-state index < -0.39 is 10.0 Å². The van der Waals surface area contributed by atoms with Crippen molar-refractivity contribution in [3.63, 3.8) is 0 Å². The summed E-state index contributed by atoms with van der Waals surface area (Å²) in [5, 5.41) is 2.49. The van der Waals surface area contributed by atoms with Crippen LogP contribution in [0.4, 0.5) is 0 Å². The molecular formula is C17H14ClNO2S. The summed E-state index contributed by atoms with van der Waals surface area (Å²) in [6.45, 7) is 0.204. The first-order valence-electron chi connectivity index (χ1n) is 6.77. The van der Waals surface area contributed by atoms with Gasteiger partial charge in [-0.15, -0.1) is 0 Å². The second kappa shape index (κ2) is 6.08. The van der Waals surface area contributed by atoms with Crippen molar-refractivity contribution >= 4 is 32.4 Å². The summed E-state index contributed by atoms with van der Waals surface area (Å²) in [6.07, 6.45) is 0. The topological polar surface area (TPSA) is 46.2 Å². The summed E-state index contributed by atoms with van der Waals surface area (Å²) in [6, 6.07) is 19.9. The number of nitrogens with one attached hydrogen (secondary N) is 1. The Hall–Kier alpha value is -1.88. The number of hydrogen-bond donors (Lipinski definition) is 1. The fourth-order valence-corrected chi connectivity index (χ4v) is 3.51. The van der Waals surface area contributed by atoms with Gasteiger partial charge in [0.25, 0.3) is 0 Å². The molecule has 0 saturated heterocycles. The molecule has 3 aromatic rings. The van der Waals surface area contributed by atoms with Gasteiger partial charge in [-0.05, 0) is 40.6 Å². The second-order valence-corrected chi connectivity index (χ2v) is 7.17. The van der Waals surface area contributed by atoms with Crippen LogP contribution in [0, 0.1) is 0 Å². The minimum Gasteiger partial charge on any atom is -0.207 e. The number of benzene rings is 3. The summed E-state index contributed by atoms with van der Waals surface area (Å²) >= 11 is 5.90. The van der Waals surface area contributed by atoms with E-state index in [4.69, 9.17) is 11.6 Å². The van der Waals surface area contributed by atoms with Crippen molar-refractivity contribution in [2.45, 2.75) is 11.4 Å². The lowest BCUT2D eigenvalue weighted by Gasteiger charge is -2.08. The van der Waals surface area contributed by atoms with E-state index in [0.29, 0.717) is 5.02 Å². The fraction of sp³-hybridized carbons (Fsp3) is 0.0588. The quantitative estimate of drug-likeness (QED) is 0.786. The maximum absolute atomic E-state index is 12.4. The molecule has 0 unspecified atom stereocenters. The first-order chi connectivity index (χ1) is 10.5. The number of hydrogen-bond acceptors (Lipinski definition) is 2. The van der Waals surface area contributed by atoms with Gasteiger partial charge < -0.3 is 0 Å². The van der Waals surface area contributed by atoms with E-state index in [9.17, 15) is 8.42 Å². The lowest BCUT2D eigenvalue weighted by molar-refractivity contribution is 0.581. The number of fused-ring (bicyclic) bond motifs is 1.